The number of halogens is 1. The van der Waals surface area contributed by atoms with E-state index >= 15 is 0 Å². The lowest BCUT2D eigenvalue weighted by molar-refractivity contribution is -0.112. The highest BCUT2D eigenvalue weighted by molar-refractivity contribution is 6.35. The van der Waals surface area contributed by atoms with E-state index in [0.717, 1.165) is 80.2 Å². The number of nitrogens with one attached hydrogen (secondary N) is 2. The Morgan fingerprint density at radius 2 is 2.07 bits per heavy atom. The van der Waals surface area contributed by atoms with E-state index in [4.69, 9.17) is 16.0 Å². The molecule has 2 aliphatic heterocycles. The fraction of sp³-hybridized carbons (Fsp3) is 0.545. The number of benzene rings is 1. The number of piperidine rings is 1. The molecule has 1 unspecified atom stereocenters. The van der Waals surface area contributed by atoms with E-state index in [1.807, 2.05) is 6.07 Å². The fourth-order valence-corrected chi connectivity index (χ4v) is 5.64. The average Bonchev–Trinajstić information content (AvgIpc) is 3.10. The molecule has 5 rings (SSSR count). The first-order valence-electron chi connectivity index (χ1n) is 10.6. The summed E-state index contributed by atoms with van der Waals surface area (Å²) in [6.45, 7) is 2.43. The minimum absolute atomic E-state index is 0.111. The van der Waals surface area contributed by atoms with Crippen LogP contribution in [0.15, 0.2) is 16.5 Å². The van der Waals surface area contributed by atoms with Crippen LogP contribution in [0.4, 0.5) is 10.5 Å². The summed E-state index contributed by atoms with van der Waals surface area (Å²) in [5.74, 6) is 0.985. The number of urea groups is 1. The third-order valence-corrected chi connectivity index (χ3v) is 7.00. The van der Waals surface area contributed by atoms with Crippen molar-refractivity contribution in [2.24, 2.45) is 5.92 Å². The number of rotatable bonds is 3. The highest BCUT2D eigenvalue weighted by Gasteiger charge is 2.43. The number of furan rings is 1. The second kappa shape index (κ2) is 7.33. The first-order valence-corrected chi connectivity index (χ1v) is 11.0. The number of anilines is 1. The number of carbonyl (C=O) groups excluding carboxylic acids is 2. The largest absolute Gasteiger partial charge is 0.459 e. The summed E-state index contributed by atoms with van der Waals surface area (Å²) in [4.78, 5) is 25.8. The number of likely N-dealkylation sites (tertiary alicyclic amines) is 1. The van der Waals surface area contributed by atoms with Crippen molar-refractivity contribution in [2.45, 2.75) is 57.0 Å². The first kappa shape index (κ1) is 18.9. The molecule has 0 radical (unpaired) electrons. The molecular weight excluding hydrogens is 390 g/mol. The summed E-state index contributed by atoms with van der Waals surface area (Å²) in [5.41, 5.74) is 2.08. The molecule has 1 atom stereocenters. The molecular formula is C22H26ClN3O3. The monoisotopic (exact) mass is 415 g/mol. The Balaban J connectivity index is 1.55. The number of hydrogen-bond donors (Lipinski definition) is 2. The number of nitrogens with zero attached hydrogens (tertiary/aromatic N) is 1. The van der Waals surface area contributed by atoms with Gasteiger partial charge in [-0.25, -0.2) is 4.79 Å². The predicted molar refractivity (Wildman–Crippen MR) is 112 cm³/mol. The van der Waals surface area contributed by atoms with Gasteiger partial charge in [0.05, 0.1) is 22.8 Å². The minimum atomic E-state index is -0.415. The molecule has 6 nitrogen and oxygen atoms in total. The Bertz CT molecular complexity index is 964. The zero-order valence-electron chi connectivity index (χ0n) is 16.4. The Hall–Kier alpha value is -2.05. The van der Waals surface area contributed by atoms with E-state index < -0.39 is 5.54 Å². The average molecular weight is 416 g/mol. The normalized spacial score (nSPS) is 24.2. The maximum absolute atomic E-state index is 12.4. The molecule has 1 aromatic carbocycles. The molecule has 3 aliphatic rings. The zero-order chi connectivity index (χ0) is 20.0. The highest BCUT2D eigenvalue weighted by Crippen LogP contribution is 2.49. The molecule has 1 spiro atoms. The Labute approximate surface area is 174 Å². The van der Waals surface area contributed by atoms with Crippen molar-refractivity contribution in [1.29, 1.82) is 0 Å². The molecule has 0 bridgehead atoms. The maximum Gasteiger partial charge on any atom is 0.319 e. The van der Waals surface area contributed by atoms with Gasteiger partial charge in [0.15, 0.2) is 0 Å². The van der Waals surface area contributed by atoms with Gasteiger partial charge in [0, 0.05) is 23.4 Å². The molecule has 2 fully saturated rings. The van der Waals surface area contributed by atoms with Crippen molar-refractivity contribution in [3.8, 4) is 0 Å². The molecule has 1 aliphatic carbocycles. The standard InChI is InChI=1S/C22H26ClN3O3/c23-17-10-15-9-16(12-26-8-4-5-14(11-26)13-27)29-20(15)18-19(17)24-21(28)25-22(18)6-2-1-3-7-22/h9-10,13-14H,1-8,11-12H2,(H2,24,25,28). The molecule has 2 N–H and O–H groups in total. The van der Waals surface area contributed by atoms with Crippen LogP contribution in [0, 0.1) is 5.92 Å². The van der Waals surface area contributed by atoms with Gasteiger partial charge in [-0.1, -0.05) is 30.9 Å². The van der Waals surface area contributed by atoms with E-state index in [1.54, 1.807) is 0 Å². The van der Waals surface area contributed by atoms with E-state index in [1.165, 1.54) is 6.42 Å². The van der Waals surface area contributed by atoms with Crippen molar-refractivity contribution < 1.29 is 14.0 Å². The topological polar surface area (TPSA) is 74.6 Å². The quantitative estimate of drug-likeness (QED) is 0.706. The maximum atomic E-state index is 12.4. The lowest BCUT2D eigenvalue weighted by Crippen LogP contribution is -2.52. The van der Waals surface area contributed by atoms with Gasteiger partial charge in [-0.2, -0.15) is 0 Å². The molecule has 3 heterocycles. The summed E-state index contributed by atoms with van der Waals surface area (Å²) in [6, 6.07) is 3.74. The van der Waals surface area contributed by atoms with Crippen LogP contribution < -0.4 is 10.6 Å². The van der Waals surface area contributed by atoms with Crippen LogP contribution in [0.25, 0.3) is 11.0 Å². The Kier molecular flexibility index (Phi) is 4.79. The van der Waals surface area contributed by atoms with Gasteiger partial charge in [-0.15, -0.1) is 0 Å². The lowest BCUT2D eigenvalue weighted by Gasteiger charge is -2.42. The van der Waals surface area contributed by atoms with Crippen molar-refractivity contribution in [3.63, 3.8) is 0 Å². The first-order chi connectivity index (χ1) is 14.1. The Morgan fingerprint density at radius 1 is 1.24 bits per heavy atom. The van der Waals surface area contributed by atoms with Gasteiger partial charge in [0.2, 0.25) is 0 Å². The molecule has 1 saturated carbocycles. The van der Waals surface area contributed by atoms with Gasteiger partial charge >= 0.3 is 6.03 Å². The number of fused-ring (bicyclic) bond motifs is 4. The van der Waals surface area contributed by atoms with E-state index in [0.29, 0.717) is 17.3 Å². The van der Waals surface area contributed by atoms with Crippen LogP contribution in [0.1, 0.15) is 56.3 Å². The summed E-state index contributed by atoms with van der Waals surface area (Å²) >= 11 is 6.59. The van der Waals surface area contributed by atoms with Crippen LogP contribution in [0.3, 0.4) is 0 Å². The van der Waals surface area contributed by atoms with Gasteiger partial charge in [0.25, 0.3) is 0 Å². The summed E-state index contributed by atoms with van der Waals surface area (Å²) < 4.78 is 6.38. The Morgan fingerprint density at radius 3 is 2.86 bits per heavy atom. The summed E-state index contributed by atoms with van der Waals surface area (Å²) in [7, 11) is 0. The van der Waals surface area contributed by atoms with Crippen LogP contribution in [0.2, 0.25) is 5.02 Å². The van der Waals surface area contributed by atoms with Crippen molar-refractivity contribution in [3.05, 3.63) is 28.5 Å². The fourth-order valence-electron chi connectivity index (χ4n) is 5.38. The molecule has 1 saturated heterocycles. The van der Waals surface area contributed by atoms with Crippen LogP contribution >= 0.6 is 11.6 Å². The van der Waals surface area contributed by atoms with Crippen molar-refractivity contribution >= 4 is 40.6 Å². The number of hydrogen-bond acceptors (Lipinski definition) is 4. The zero-order valence-corrected chi connectivity index (χ0v) is 17.2. The van der Waals surface area contributed by atoms with Gasteiger partial charge < -0.3 is 19.8 Å². The molecule has 7 heteroatoms. The highest BCUT2D eigenvalue weighted by atomic mass is 35.5. The van der Waals surface area contributed by atoms with E-state index in [2.05, 4.69) is 21.6 Å². The molecule has 2 aromatic rings. The van der Waals surface area contributed by atoms with E-state index in [9.17, 15) is 9.59 Å². The third kappa shape index (κ3) is 3.32. The number of aldehydes is 1. The van der Waals surface area contributed by atoms with Crippen LogP contribution in [-0.4, -0.2) is 30.3 Å². The summed E-state index contributed by atoms with van der Waals surface area (Å²) in [6.07, 6.45) is 8.19. The summed E-state index contributed by atoms with van der Waals surface area (Å²) in [5, 5.41) is 7.62. The van der Waals surface area contributed by atoms with Crippen molar-refractivity contribution in [2.75, 3.05) is 18.4 Å². The van der Waals surface area contributed by atoms with Gasteiger partial charge in [-0.05, 0) is 44.4 Å². The number of amides is 2. The number of carbonyl (C=O) groups is 2. The lowest BCUT2D eigenvalue weighted by atomic mass is 9.74. The predicted octanol–water partition coefficient (Wildman–Crippen LogP) is 4.79. The molecule has 29 heavy (non-hydrogen) atoms. The second-order valence-electron chi connectivity index (χ2n) is 8.73. The minimum Gasteiger partial charge on any atom is -0.459 e. The van der Waals surface area contributed by atoms with Crippen molar-refractivity contribution in [1.82, 2.24) is 10.2 Å². The molecule has 1 aromatic heterocycles. The van der Waals surface area contributed by atoms with Gasteiger partial charge in [-0.3, -0.25) is 4.90 Å². The molecule has 154 valence electrons. The SMILES string of the molecule is O=CC1CCCN(Cc2cc3cc(Cl)c4c(c3o2)C2(CCCCC2)NC(=O)N4)C1. The van der Waals surface area contributed by atoms with Crippen LogP contribution in [0.5, 0.6) is 0 Å². The smallest absolute Gasteiger partial charge is 0.319 e. The van der Waals surface area contributed by atoms with E-state index in [-0.39, 0.29) is 11.9 Å². The third-order valence-electron chi connectivity index (χ3n) is 6.70. The van der Waals surface area contributed by atoms with Crippen LogP contribution in [-0.2, 0) is 16.9 Å². The van der Waals surface area contributed by atoms with Gasteiger partial charge in [0.1, 0.15) is 17.6 Å². The second-order valence-corrected chi connectivity index (χ2v) is 9.14. The molecule has 2 amide bonds.